The molecule has 2 aliphatic rings. The Kier molecular flexibility index (Phi) is 4.60. The molecule has 0 spiro atoms. The Morgan fingerprint density at radius 2 is 2.05 bits per heavy atom. The summed E-state index contributed by atoms with van der Waals surface area (Å²) in [6, 6.07) is 6.89. The van der Waals surface area contributed by atoms with E-state index in [0.717, 1.165) is 30.3 Å². The van der Waals surface area contributed by atoms with E-state index in [1.165, 1.54) is 32.1 Å². The van der Waals surface area contributed by atoms with E-state index in [9.17, 15) is 4.39 Å². The van der Waals surface area contributed by atoms with Crippen LogP contribution in [0.15, 0.2) is 18.2 Å². The second-order valence-electron chi connectivity index (χ2n) is 6.87. The largest absolute Gasteiger partial charge is 0.314 e. The maximum absolute atomic E-state index is 14.0. The molecule has 3 rings (SSSR count). The average Bonchev–Trinajstić information content (AvgIpc) is 3.28. The summed E-state index contributed by atoms with van der Waals surface area (Å²) in [6.45, 7) is 4.01. The van der Waals surface area contributed by atoms with Gasteiger partial charge in [0.05, 0.1) is 0 Å². The first-order valence-corrected chi connectivity index (χ1v) is 8.35. The molecule has 21 heavy (non-hydrogen) atoms. The van der Waals surface area contributed by atoms with Crippen molar-refractivity contribution in [2.75, 3.05) is 20.1 Å². The molecular weight excluding hydrogens is 263 g/mol. The van der Waals surface area contributed by atoms with Gasteiger partial charge in [0, 0.05) is 18.6 Å². The fourth-order valence-electron chi connectivity index (χ4n) is 3.56. The van der Waals surface area contributed by atoms with Gasteiger partial charge in [0.25, 0.3) is 0 Å². The first-order chi connectivity index (χ1) is 10.1. The Morgan fingerprint density at radius 3 is 2.76 bits per heavy atom. The van der Waals surface area contributed by atoms with Crippen molar-refractivity contribution in [1.29, 1.82) is 0 Å². The Morgan fingerprint density at radius 1 is 1.24 bits per heavy atom. The molecule has 1 aliphatic carbocycles. The SMILES string of the molecule is Cc1ccc(C2C(CNC3CC3)CCCCN2C)cc1F. The summed E-state index contributed by atoms with van der Waals surface area (Å²) in [7, 11) is 2.19. The van der Waals surface area contributed by atoms with Gasteiger partial charge >= 0.3 is 0 Å². The molecule has 2 unspecified atom stereocenters. The van der Waals surface area contributed by atoms with Crippen LogP contribution in [0.5, 0.6) is 0 Å². The Labute approximate surface area is 127 Å². The summed E-state index contributed by atoms with van der Waals surface area (Å²) in [5.41, 5.74) is 1.88. The van der Waals surface area contributed by atoms with E-state index in [2.05, 4.69) is 23.3 Å². The maximum atomic E-state index is 14.0. The van der Waals surface area contributed by atoms with Crippen LogP contribution in [-0.2, 0) is 0 Å². The van der Waals surface area contributed by atoms with Crippen LogP contribution in [0, 0.1) is 18.7 Å². The molecule has 2 nitrogen and oxygen atoms in total. The second kappa shape index (κ2) is 6.45. The molecule has 1 N–H and O–H groups in total. The van der Waals surface area contributed by atoms with Crippen molar-refractivity contribution in [2.24, 2.45) is 5.92 Å². The average molecular weight is 290 g/mol. The van der Waals surface area contributed by atoms with E-state index in [1.807, 2.05) is 13.0 Å². The van der Waals surface area contributed by atoms with Gasteiger partial charge in [0.1, 0.15) is 5.82 Å². The number of nitrogens with zero attached hydrogens (tertiary/aromatic N) is 1. The highest BCUT2D eigenvalue weighted by molar-refractivity contribution is 5.26. The highest BCUT2D eigenvalue weighted by atomic mass is 19.1. The third-order valence-electron chi connectivity index (χ3n) is 5.04. The minimum absolute atomic E-state index is 0.0703. The molecule has 1 aliphatic heterocycles. The van der Waals surface area contributed by atoms with E-state index >= 15 is 0 Å². The molecule has 0 bridgehead atoms. The standard InChI is InChI=1S/C18H27FN2/c1-13-6-7-14(11-17(13)19)18-15(12-20-16-8-9-16)5-3-4-10-21(18)2/h6-7,11,15-16,18,20H,3-5,8-10,12H2,1-2H3. The minimum Gasteiger partial charge on any atom is -0.314 e. The monoisotopic (exact) mass is 290 g/mol. The topological polar surface area (TPSA) is 15.3 Å². The summed E-state index contributed by atoms with van der Waals surface area (Å²) < 4.78 is 14.0. The highest BCUT2D eigenvalue weighted by Crippen LogP contribution is 2.35. The van der Waals surface area contributed by atoms with Gasteiger partial charge in [0.2, 0.25) is 0 Å². The number of benzene rings is 1. The van der Waals surface area contributed by atoms with Crippen LogP contribution in [-0.4, -0.2) is 31.1 Å². The van der Waals surface area contributed by atoms with Crippen LogP contribution >= 0.6 is 0 Å². The lowest BCUT2D eigenvalue weighted by molar-refractivity contribution is 0.188. The third kappa shape index (κ3) is 3.64. The lowest BCUT2D eigenvalue weighted by atomic mass is 9.88. The van der Waals surface area contributed by atoms with Crippen molar-refractivity contribution in [3.63, 3.8) is 0 Å². The van der Waals surface area contributed by atoms with Crippen LogP contribution in [0.25, 0.3) is 0 Å². The second-order valence-corrected chi connectivity index (χ2v) is 6.87. The van der Waals surface area contributed by atoms with Crippen LogP contribution in [0.2, 0.25) is 0 Å². The van der Waals surface area contributed by atoms with Crippen LogP contribution in [0.3, 0.4) is 0 Å². The predicted molar refractivity (Wildman–Crippen MR) is 84.9 cm³/mol. The van der Waals surface area contributed by atoms with Crippen molar-refractivity contribution in [1.82, 2.24) is 10.2 Å². The van der Waals surface area contributed by atoms with Gasteiger partial charge in [-0.05, 0) is 69.3 Å². The highest BCUT2D eigenvalue weighted by Gasteiger charge is 2.31. The van der Waals surface area contributed by atoms with Crippen molar-refractivity contribution < 1.29 is 4.39 Å². The number of likely N-dealkylation sites (tertiary alicyclic amines) is 1. The molecule has 3 heteroatoms. The van der Waals surface area contributed by atoms with Gasteiger partial charge in [-0.3, -0.25) is 4.90 Å². The zero-order valence-electron chi connectivity index (χ0n) is 13.2. The molecule has 2 fully saturated rings. The third-order valence-corrected chi connectivity index (χ3v) is 5.04. The van der Waals surface area contributed by atoms with Crippen molar-refractivity contribution >= 4 is 0 Å². The molecule has 1 aromatic rings. The number of hydrogen-bond acceptors (Lipinski definition) is 2. The Bertz CT molecular complexity index is 484. The smallest absolute Gasteiger partial charge is 0.126 e. The normalized spacial score (nSPS) is 27.6. The fraction of sp³-hybridized carbons (Fsp3) is 0.667. The molecule has 0 aromatic heterocycles. The number of halogens is 1. The molecule has 116 valence electrons. The Balaban J connectivity index is 1.81. The first-order valence-electron chi connectivity index (χ1n) is 8.35. The van der Waals surface area contributed by atoms with Crippen molar-refractivity contribution in [3.05, 3.63) is 35.1 Å². The zero-order valence-corrected chi connectivity index (χ0v) is 13.2. The van der Waals surface area contributed by atoms with Crippen LogP contribution < -0.4 is 5.32 Å². The van der Waals surface area contributed by atoms with Gasteiger partial charge in [-0.25, -0.2) is 4.39 Å². The van der Waals surface area contributed by atoms with Gasteiger partial charge in [0.15, 0.2) is 0 Å². The first kappa shape index (κ1) is 15.0. The molecule has 0 amide bonds. The molecule has 0 radical (unpaired) electrons. The number of rotatable bonds is 4. The molecule has 2 atom stereocenters. The predicted octanol–water partition coefficient (Wildman–Crippen LogP) is 3.66. The Hall–Kier alpha value is -0.930. The zero-order chi connectivity index (χ0) is 14.8. The number of nitrogens with one attached hydrogen (secondary N) is 1. The van der Waals surface area contributed by atoms with Crippen molar-refractivity contribution in [2.45, 2.75) is 51.1 Å². The van der Waals surface area contributed by atoms with Crippen LogP contribution in [0.4, 0.5) is 4.39 Å². The molecule has 1 aromatic carbocycles. The van der Waals surface area contributed by atoms with E-state index in [4.69, 9.17) is 0 Å². The van der Waals surface area contributed by atoms with Gasteiger partial charge < -0.3 is 5.32 Å². The van der Waals surface area contributed by atoms with Crippen LogP contribution in [0.1, 0.15) is 49.3 Å². The number of hydrogen-bond donors (Lipinski definition) is 1. The molecule has 1 heterocycles. The van der Waals surface area contributed by atoms with E-state index in [-0.39, 0.29) is 5.82 Å². The van der Waals surface area contributed by atoms with Gasteiger partial charge in [-0.2, -0.15) is 0 Å². The van der Waals surface area contributed by atoms with E-state index in [1.54, 1.807) is 6.07 Å². The summed E-state index contributed by atoms with van der Waals surface area (Å²) in [5.74, 6) is 0.513. The lowest BCUT2D eigenvalue weighted by Crippen LogP contribution is -2.35. The summed E-state index contributed by atoms with van der Waals surface area (Å²) in [5, 5.41) is 3.68. The molecule has 1 saturated heterocycles. The minimum atomic E-state index is -0.0703. The molecule has 1 saturated carbocycles. The fourth-order valence-corrected chi connectivity index (χ4v) is 3.56. The summed E-state index contributed by atoms with van der Waals surface area (Å²) in [6.07, 6.45) is 6.43. The maximum Gasteiger partial charge on any atom is 0.126 e. The molecular formula is C18H27FN2. The lowest BCUT2D eigenvalue weighted by Gasteiger charge is -2.33. The number of aryl methyl sites for hydroxylation is 1. The van der Waals surface area contributed by atoms with Gasteiger partial charge in [-0.15, -0.1) is 0 Å². The summed E-state index contributed by atoms with van der Waals surface area (Å²) in [4.78, 5) is 2.43. The quantitative estimate of drug-likeness (QED) is 0.910. The van der Waals surface area contributed by atoms with E-state index in [0.29, 0.717) is 12.0 Å². The van der Waals surface area contributed by atoms with Crippen molar-refractivity contribution in [3.8, 4) is 0 Å². The van der Waals surface area contributed by atoms with E-state index < -0.39 is 0 Å². The summed E-state index contributed by atoms with van der Waals surface area (Å²) >= 11 is 0. The van der Waals surface area contributed by atoms with Gasteiger partial charge in [-0.1, -0.05) is 18.6 Å².